The molecule has 0 unspecified atom stereocenters. The Morgan fingerprint density at radius 3 is 3.00 bits per heavy atom. The Balaban J connectivity index is 2.73. The molecule has 1 nitrogen and oxygen atoms in total. The first-order valence-corrected chi connectivity index (χ1v) is 4.23. The summed E-state index contributed by atoms with van der Waals surface area (Å²) in [5.74, 6) is 0. The summed E-state index contributed by atoms with van der Waals surface area (Å²) < 4.78 is 9.50. The second kappa shape index (κ2) is 2.67. The zero-order valence-corrected chi connectivity index (χ0v) is 7.25. The van der Waals surface area contributed by atoms with Crippen molar-refractivity contribution in [2.45, 2.75) is 13.3 Å². The van der Waals surface area contributed by atoms with Crippen LogP contribution in [0.5, 0.6) is 0 Å². The standard InChI is InChI=1S/C11H13N/c1-3-10-8-9-6-4-5-7-11(9)12(10)2/h4-8H,3H2,1-2H3/i2D. The van der Waals surface area contributed by atoms with Gasteiger partial charge in [-0.25, -0.2) is 0 Å². The largest absolute Gasteiger partial charge is 0.348 e. The maximum Gasteiger partial charge on any atom is 0.0479 e. The molecule has 0 radical (unpaired) electrons. The van der Waals surface area contributed by atoms with Crippen molar-refractivity contribution in [3.63, 3.8) is 0 Å². The Hall–Kier alpha value is -1.24. The van der Waals surface area contributed by atoms with Crippen molar-refractivity contribution in [1.29, 1.82) is 0 Å². The lowest BCUT2D eigenvalue weighted by molar-refractivity contribution is 0.866. The molecule has 62 valence electrons. The van der Waals surface area contributed by atoms with Gasteiger partial charge in [0.1, 0.15) is 0 Å². The van der Waals surface area contributed by atoms with Crippen molar-refractivity contribution in [2.75, 3.05) is 0 Å². The van der Waals surface area contributed by atoms with Crippen LogP contribution in [-0.2, 0) is 13.4 Å². The third-order valence-corrected chi connectivity index (χ3v) is 2.26. The van der Waals surface area contributed by atoms with E-state index in [1.807, 2.05) is 12.1 Å². The molecule has 0 amide bonds. The third-order valence-electron chi connectivity index (χ3n) is 2.26. The number of para-hydroxylation sites is 1. The van der Waals surface area contributed by atoms with Gasteiger partial charge in [-0.05, 0) is 23.9 Å². The Morgan fingerprint density at radius 2 is 2.25 bits per heavy atom. The lowest BCUT2D eigenvalue weighted by Gasteiger charge is -1.99. The van der Waals surface area contributed by atoms with E-state index in [-0.39, 0.29) is 0 Å². The van der Waals surface area contributed by atoms with Gasteiger partial charge in [0.15, 0.2) is 0 Å². The van der Waals surface area contributed by atoms with Crippen molar-refractivity contribution in [3.05, 3.63) is 36.0 Å². The Kier molecular flexibility index (Phi) is 1.40. The van der Waals surface area contributed by atoms with Gasteiger partial charge in [0.05, 0.1) is 0 Å². The van der Waals surface area contributed by atoms with Crippen LogP contribution in [0.4, 0.5) is 0 Å². The summed E-state index contributed by atoms with van der Waals surface area (Å²) in [6, 6.07) is 10.4. The molecule has 0 aliphatic heterocycles. The topological polar surface area (TPSA) is 4.93 Å². The zero-order chi connectivity index (χ0) is 9.26. The lowest BCUT2D eigenvalue weighted by Crippen LogP contribution is -1.92. The number of aryl methyl sites for hydroxylation is 2. The maximum atomic E-state index is 7.45. The highest BCUT2D eigenvalue weighted by molar-refractivity contribution is 5.81. The van der Waals surface area contributed by atoms with E-state index in [1.54, 1.807) is 0 Å². The van der Waals surface area contributed by atoms with E-state index in [0.717, 1.165) is 6.42 Å². The molecule has 0 fully saturated rings. The summed E-state index contributed by atoms with van der Waals surface area (Å²) in [7, 11) is 0.316. The quantitative estimate of drug-likeness (QED) is 0.604. The molecule has 1 heterocycles. The second-order valence-electron chi connectivity index (χ2n) is 2.98. The Labute approximate surface area is 74.0 Å². The van der Waals surface area contributed by atoms with E-state index < -0.39 is 0 Å². The lowest BCUT2D eigenvalue weighted by atomic mass is 10.2. The molecular formula is C11H13N. The second-order valence-corrected chi connectivity index (χ2v) is 2.98. The smallest absolute Gasteiger partial charge is 0.0479 e. The first kappa shape index (κ1) is 6.30. The predicted molar refractivity (Wildman–Crippen MR) is 52.3 cm³/mol. The van der Waals surface area contributed by atoms with E-state index in [1.165, 1.54) is 16.6 Å². The number of nitrogens with zero attached hydrogens (tertiary/aromatic N) is 1. The minimum Gasteiger partial charge on any atom is -0.348 e. The van der Waals surface area contributed by atoms with Crippen molar-refractivity contribution in [3.8, 4) is 0 Å². The van der Waals surface area contributed by atoms with Crippen LogP contribution < -0.4 is 0 Å². The molecule has 1 heteroatoms. The van der Waals surface area contributed by atoms with Crippen LogP contribution in [0.15, 0.2) is 30.3 Å². The molecule has 0 aliphatic carbocycles. The minimum atomic E-state index is 0.316. The molecule has 0 spiro atoms. The van der Waals surface area contributed by atoms with Crippen LogP contribution in [-0.4, -0.2) is 4.57 Å². The molecular weight excluding hydrogens is 146 g/mol. The van der Waals surface area contributed by atoms with Gasteiger partial charge in [-0.3, -0.25) is 0 Å². The number of hydrogen-bond donors (Lipinski definition) is 0. The average molecular weight is 160 g/mol. The maximum absolute atomic E-state index is 7.45. The van der Waals surface area contributed by atoms with Gasteiger partial charge in [-0.15, -0.1) is 0 Å². The van der Waals surface area contributed by atoms with Crippen LogP contribution in [0.3, 0.4) is 0 Å². The van der Waals surface area contributed by atoms with E-state index in [9.17, 15) is 0 Å². The zero-order valence-electron chi connectivity index (χ0n) is 8.25. The van der Waals surface area contributed by atoms with E-state index >= 15 is 0 Å². The van der Waals surface area contributed by atoms with E-state index in [2.05, 4.69) is 29.7 Å². The fraction of sp³-hybridized carbons (Fsp3) is 0.273. The number of hydrogen-bond acceptors (Lipinski definition) is 0. The van der Waals surface area contributed by atoms with Crippen LogP contribution in [0, 0.1) is 0 Å². The van der Waals surface area contributed by atoms with Crippen LogP contribution >= 0.6 is 0 Å². The number of benzene rings is 1. The molecule has 0 saturated heterocycles. The van der Waals surface area contributed by atoms with Crippen LogP contribution in [0.2, 0.25) is 0 Å². The summed E-state index contributed by atoms with van der Waals surface area (Å²) >= 11 is 0. The molecule has 0 saturated carbocycles. The van der Waals surface area contributed by atoms with Crippen LogP contribution in [0.1, 0.15) is 14.0 Å². The van der Waals surface area contributed by atoms with Gasteiger partial charge in [-0.2, -0.15) is 0 Å². The SMILES string of the molecule is [2H]Cn1c(CC)cc2ccccc21. The highest BCUT2D eigenvalue weighted by Gasteiger charge is 2.01. The molecule has 0 N–H and O–H groups in total. The normalized spacial score (nSPS) is 11.9. The van der Waals surface area contributed by atoms with Crippen molar-refractivity contribution in [1.82, 2.24) is 4.57 Å². The molecule has 1 aromatic carbocycles. The molecule has 0 aliphatic rings. The van der Waals surface area contributed by atoms with Gasteiger partial charge in [-0.1, -0.05) is 25.1 Å². The van der Waals surface area contributed by atoms with Crippen molar-refractivity contribution >= 4 is 10.9 Å². The van der Waals surface area contributed by atoms with Gasteiger partial charge in [0.2, 0.25) is 0 Å². The fourth-order valence-electron chi connectivity index (χ4n) is 1.56. The van der Waals surface area contributed by atoms with Gasteiger partial charge in [0, 0.05) is 19.6 Å². The average Bonchev–Trinajstić information content (AvgIpc) is 2.55. The molecule has 0 atom stereocenters. The predicted octanol–water partition coefficient (Wildman–Crippen LogP) is 2.74. The van der Waals surface area contributed by atoms with Gasteiger partial charge >= 0.3 is 0 Å². The first-order chi connectivity index (χ1) is 6.36. The summed E-state index contributed by atoms with van der Waals surface area (Å²) in [6.07, 6.45) is 0.994. The van der Waals surface area contributed by atoms with Crippen LogP contribution in [0.25, 0.3) is 10.9 Å². The first-order valence-electron chi connectivity index (χ1n) is 4.94. The highest BCUT2D eigenvalue weighted by Crippen LogP contribution is 2.18. The fourth-order valence-corrected chi connectivity index (χ4v) is 1.56. The summed E-state index contributed by atoms with van der Waals surface area (Å²) in [4.78, 5) is 0. The van der Waals surface area contributed by atoms with Crippen molar-refractivity contribution in [2.24, 2.45) is 7.02 Å². The number of aromatic nitrogens is 1. The van der Waals surface area contributed by atoms with Gasteiger partial charge in [0.25, 0.3) is 0 Å². The Bertz CT molecular complexity index is 417. The third kappa shape index (κ3) is 0.934. The van der Waals surface area contributed by atoms with Crippen molar-refractivity contribution < 1.29 is 1.37 Å². The summed E-state index contributed by atoms with van der Waals surface area (Å²) in [5, 5.41) is 1.24. The Morgan fingerprint density at radius 1 is 1.42 bits per heavy atom. The van der Waals surface area contributed by atoms with Gasteiger partial charge < -0.3 is 4.57 Å². The molecule has 2 aromatic rings. The van der Waals surface area contributed by atoms with E-state index in [4.69, 9.17) is 1.37 Å². The monoisotopic (exact) mass is 160 g/mol. The molecule has 0 bridgehead atoms. The summed E-state index contributed by atoms with van der Waals surface area (Å²) in [5.41, 5.74) is 2.42. The molecule has 2 rings (SSSR count). The minimum absolute atomic E-state index is 0.316. The molecule has 12 heavy (non-hydrogen) atoms. The molecule has 1 aromatic heterocycles. The summed E-state index contributed by atoms with van der Waals surface area (Å²) in [6.45, 7) is 2.13. The van der Waals surface area contributed by atoms with E-state index in [0.29, 0.717) is 7.02 Å². The number of fused-ring (bicyclic) bond motifs is 1. The number of rotatable bonds is 1. The highest BCUT2D eigenvalue weighted by atomic mass is 14.9.